The van der Waals surface area contributed by atoms with Crippen molar-refractivity contribution in [3.05, 3.63) is 38.9 Å². The number of amides is 1. The van der Waals surface area contributed by atoms with Crippen molar-refractivity contribution in [1.82, 2.24) is 5.32 Å². The number of nitrogens with zero attached hydrogens (tertiary/aromatic N) is 1. The first-order valence-corrected chi connectivity index (χ1v) is 7.41. The molecule has 1 heterocycles. The summed E-state index contributed by atoms with van der Waals surface area (Å²) >= 11 is 7.65. The van der Waals surface area contributed by atoms with Gasteiger partial charge in [0.2, 0.25) is 0 Å². The number of hydrogen-bond donors (Lipinski definition) is 1. The van der Waals surface area contributed by atoms with Gasteiger partial charge in [0.05, 0.1) is 4.92 Å². The summed E-state index contributed by atoms with van der Waals surface area (Å²) < 4.78 is 0. The molecule has 1 saturated heterocycles. The second-order valence-corrected chi connectivity index (χ2v) is 5.94. The zero-order valence-corrected chi connectivity index (χ0v) is 11.7. The Morgan fingerprint density at radius 3 is 3.00 bits per heavy atom. The second-order valence-electron chi connectivity index (χ2n) is 4.36. The predicted molar refractivity (Wildman–Crippen MR) is 75.9 cm³/mol. The standard InChI is InChI=1S/C12H13ClN2O3S/c13-9-1-2-11(15(17)18)10(5-9)12(16)14-6-8-3-4-19-7-8/h1-2,5,8H,3-4,6-7H2,(H,14,16). The minimum atomic E-state index is -0.573. The Hall–Kier alpha value is -1.27. The molecule has 1 amide bonds. The summed E-state index contributed by atoms with van der Waals surface area (Å²) in [6.45, 7) is 0.551. The van der Waals surface area contributed by atoms with E-state index in [2.05, 4.69) is 5.32 Å². The molecule has 0 saturated carbocycles. The monoisotopic (exact) mass is 300 g/mol. The Balaban J connectivity index is 2.08. The molecule has 2 rings (SSSR count). The lowest BCUT2D eigenvalue weighted by Gasteiger charge is -2.10. The quantitative estimate of drug-likeness (QED) is 0.685. The summed E-state index contributed by atoms with van der Waals surface area (Å²) in [7, 11) is 0. The van der Waals surface area contributed by atoms with Gasteiger partial charge in [0.25, 0.3) is 11.6 Å². The van der Waals surface area contributed by atoms with Crippen LogP contribution in [-0.2, 0) is 0 Å². The van der Waals surface area contributed by atoms with E-state index < -0.39 is 10.8 Å². The molecule has 1 aliphatic heterocycles. The number of thioether (sulfide) groups is 1. The molecule has 1 atom stereocenters. The highest BCUT2D eigenvalue weighted by molar-refractivity contribution is 7.99. The summed E-state index contributed by atoms with van der Waals surface area (Å²) in [5.41, 5.74) is -0.203. The van der Waals surface area contributed by atoms with Crippen molar-refractivity contribution in [3.63, 3.8) is 0 Å². The molecule has 5 nitrogen and oxygen atoms in total. The molecule has 1 aromatic rings. The molecule has 1 unspecified atom stereocenters. The average Bonchev–Trinajstić information content (AvgIpc) is 2.88. The average molecular weight is 301 g/mol. The third-order valence-electron chi connectivity index (χ3n) is 2.98. The van der Waals surface area contributed by atoms with Crippen LogP contribution in [0, 0.1) is 16.0 Å². The number of carbonyl (C=O) groups is 1. The molecule has 7 heteroatoms. The maximum Gasteiger partial charge on any atom is 0.282 e. The van der Waals surface area contributed by atoms with Gasteiger partial charge in [-0.15, -0.1) is 0 Å². The number of halogens is 1. The SMILES string of the molecule is O=C(NCC1CCSC1)c1cc(Cl)ccc1[N+](=O)[O-]. The molecule has 0 aromatic heterocycles. The lowest BCUT2D eigenvalue weighted by Crippen LogP contribution is -2.29. The summed E-state index contributed by atoms with van der Waals surface area (Å²) in [6.07, 6.45) is 1.07. The van der Waals surface area contributed by atoms with Gasteiger partial charge in [-0.05, 0) is 36.0 Å². The third kappa shape index (κ3) is 3.61. The van der Waals surface area contributed by atoms with Crippen molar-refractivity contribution >= 4 is 35.0 Å². The predicted octanol–water partition coefficient (Wildman–Crippen LogP) is 2.73. The van der Waals surface area contributed by atoms with Gasteiger partial charge < -0.3 is 5.32 Å². The first-order chi connectivity index (χ1) is 9.08. The molecule has 1 aliphatic rings. The lowest BCUT2D eigenvalue weighted by molar-refractivity contribution is -0.385. The van der Waals surface area contributed by atoms with Crippen LogP contribution in [0.3, 0.4) is 0 Å². The number of rotatable bonds is 4. The Morgan fingerprint density at radius 2 is 2.37 bits per heavy atom. The molecule has 1 aromatic carbocycles. The van der Waals surface area contributed by atoms with E-state index in [4.69, 9.17) is 11.6 Å². The van der Waals surface area contributed by atoms with Crippen molar-refractivity contribution in [2.45, 2.75) is 6.42 Å². The van der Waals surface area contributed by atoms with Gasteiger partial charge in [-0.3, -0.25) is 14.9 Å². The van der Waals surface area contributed by atoms with Crippen LogP contribution in [0.4, 0.5) is 5.69 Å². The Morgan fingerprint density at radius 1 is 1.58 bits per heavy atom. The highest BCUT2D eigenvalue weighted by Crippen LogP contribution is 2.24. The summed E-state index contributed by atoms with van der Waals surface area (Å²) in [5, 5.41) is 13.9. The summed E-state index contributed by atoms with van der Waals surface area (Å²) in [4.78, 5) is 22.3. The van der Waals surface area contributed by atoms with E-state index in [-0.39, 0.29) is 11.3 Å². The van der Waals surface area contributed by atoms with Crippen LogP contribution in [0.1, 0.15) is 16.8 Å². The fraction of sp³-hybridized carbons (Fsp3) is 0.417. The maximum atomic E-state index is 12.0. The minimum Gasteiger partial charge on any atom is -0.352 e. The number of nitrogens with one attached hydrogen (secondary N) is 1. The molecule has 1 fully saturated rings. The Labute approximate surface area is 119 Å². The zero-order valence-electron chi connectivity index (χ0n) is 10.1. The van der Waals surface area contributed by atoms with E-state index in [1.54, 1.807) is 0 Å². The van der Waals surface area contributed by atoms with E-state index >= 15 is 0 Å². The Bertz CT molecular complexity index is 504. The highest BCUT2D eigenvalue weighted by Gasteiger charge is 2.22. The molecular weight excluding hydrogens is 288 g/mol. The van der Waals surface area contributed by atoms with Crippen molar-refractivity contribution in [2.24, 2.45) is 5.92 Å². The number of benzene rings is 1. The topological polar surface area (TPSA) is 72.2 Å². The van der Waals surface area contributed by atoms with Gasteiger partial charge in [0.1, 0.15) is 5.56 Å². The van der Waals surface area contributed by atoms with Crippen LogP contribution in [0.25, 0.3) is 0 Å². The molecule has 102 valence electrons. The zero-order chi connectivity index (χ0) is 13.8. The van der Waals surface area contributed by atoms with Crippen LogP contribution >= 0.6 is 23.4 Å². The molecular formula is C12H13ClN2O3S. The first-order valence-electron chi connectivity index (χ1n) is 5.88. The molecule has 0 bridgehead atoms. The molecule has 0 radical (unpaired) electrons. The molecule has 0 spiro atoms. The number of nitro groups is 1. The normalized spacial score (nSPS) is 18.3. The smallest absolute Gasteiger partial charge is 0.282 e. The van der Waals surface area contributed by atoms with Gasteiger partial charge in [0, 0.05) is 17.6 Å². The molecule has 0 aliphatic carbocycles. The lowest BCUT2D eigenvalue weighted by atomic mass is 10.1. The maximum absolute atomic E-state index is 12.0. The van der Waals surface area contributed by atoms with Crippen LogP contribution < -0.4 is 5.32 Å². The van der Waals surface area contributed by atoms with E-state index in [1.807, 2.05) is 11.8 Å². The van der Waals surface area contributed by atoms with Gasteiger partial charge in [-0.25, -0.2) is 0 Å². The largest absolute Gasteiger partial charge is 0.352 e. The van der Waals surface area contributed by atoms with Gasteiger partial charge in [-0.2, -0.15) is 11.8 Å². The Kier molecular flexibility index (Phi) is 4.66. The summed E-state index contributed by atoms with van der Waals surface area (Å²) in [6, 6.07) is 3.99. The number of carbonyl (C=O) groups excluding carboxylic acids is 1. The second kappa shape index (κ2) is 6.25. The number of nitro benzene ring substituents is 1. The van der Waals surface area contributed by atoms with Crippen LogP contribution in [0.2, 0.25) is 5.02 Å². The fourth-order valence-corrected chi connectivity index (χ4v) is 3.38. The van der Waals surface area contributed by atoms with Crippen molar-refractivity contribution in [3.8, 4) is 0 Å². The van der Waals surface area contributed by atoms with Crippen LogP contribution in [-0.4, -0.2) is 28.9 Å². The minimum absolute atomic E-state index is 0.0168. The summed E-state index contributed by atoms with van der Waals surface area (Å²) in [5.74, 6) is 2.15. The van der Waals surface area contributed by atoms with E-state index in [9.17, 15) is 14.9 Å². The van der Waals surface area contributed by atoms with E-state index in [0.29, 0.717) is 17.5 Å². The van der Waals surface area contributed by atoms with Crippen molar-refractivity contribution in [2.75, 3.05) is 18.1 Å². The van der Waals surface area contributed by atoms with Crippen LogP contribution in [0.15, 0.2) is 18.2 Å². The van der Waals surface area contributed by atoms with E-state index in [0.717, 1.165) is 17.9 Å². The molecule has 1 N–H and O–H groups in total. The van der Waals surface area contributed by atoms with Crippen molar-refractivity contribution in [1.29, 1.82) is 0 Å². The first kappa shape index (κ1) is 14.1. The number of hydrogen-bond acceptors (Lipinski definition) is 4. The van der Waals surface area contributed by atoms with Gasteiger partial charge in [-0.1, -0.05) is 11.6 Å². The fourth-order valence-electron chi connectivity index (χ4n) is 1.93. The van der Waals surface area contributed by atoms with Crippen LogP contribution in [0.5, 0.6) is 0 Å². The van der Waals surface area contributed by atoms with Crippen molar-refractivity contribution < 1.29 is 9.72 Å². The third-order valence-corrected chi connectivity index (χ3v) is 4.44. The highest BCUT2D eigenvalue weighted by atomic mass is 35.5. The van der Waals surface area contributed by atoms with E-state index in [1.165, 1.54) is 18.2 Å². The molecule has 19 heavy (non-hydrogen) atoms. The van der Waals surface area contributed by atoms with Gasteiger partial charge >= 0.3 is 0 Å². The van der Waals surface area contributed by atoms with Gasteiger partial charge in [0.15, 0.2) is 0 Å².